The maximum absolute atomic E-state index is 12.7. The van der Waals surface area contributed by atoms with Crippen LogP contribution in [0.4, 0.5) is 14.5 Å². The van der Waals surface area contributed by atoms with Crippen LogP contribution in [0.5, 0.6) is 0 Å². The maximum Gasteiger partial charge on any atom is 0.341 e. The monoisotopic (exact) mass is 423 g/mol. The molecule has 9 heteroatoms. The summed E-state index contributed by atoms with van der Waals surface area (Å²) in [5.41, 5.74) is 1.42. The molecule has 0 saturated heterocycles. The number of sulfone groups is 1. The van der Waals surface area contributed by atoms with Gasteiger partial charge in [-0.3, -0.25) is 4.79 Å². The Morgan fingerprint density at radius 3 is 2.52 bits per heavy atom. The van der Waals surface area contributed by atoms with Crippen molar-refractivity contribution in [3.63, 3.8) is 0 Å². The number of halogens is 3. The number of carbonyl (C=O) groups excluding carboxylic acids is 1. The van der Waals surface area contributed by atoms with Gasteiger partial charge in [-0.1, -0.05) is 15.9 Å². The molecule has 2 aromatic rings. The van der Waals surface area contributed by atoms with Crippen molar-refractivity contribution in [3.8, 4) is 0 Å². The average molecular weight is 424 g/mol. The lowest BCUT2D eigenvalue weighted by Crippen LogP contribution is -2.27. The third-order valence-corrected chi connectivity index (χ3v) is 6.54. The standard InChI is InChI=1S/C14H12BrF2NO3S2/c1-8-7-9(3-4-10(8)15)18(2)13(19)12-11(5-6-22-12)23(20,21)14(16)17/h3-7,14H,1-2H3. The average Bonchev–Trinajstić information content (AvgIpc) is 2.98. The summed E-state index contributed by atoms with van der Waals surface area (Å²) < 4.78 is 49.6. The fourth-order valence-corrected chi connectivity index (χ4v) is 4.26. The van der Waals surface area contributed by atoms with Gasteiger partial charge in [-0.2, -0.15) is 8.78 Å². The van der Waals surface area contributed by atoms with Gasteiger partial charge in [0.05, 0.1) is 4.90 Å². The van der Waals surface area contributed by atoms with Crippen LogP contribution in [0.25, 0.3) is 0 Å². The van der Waals surface area contributed by atoms with Crippen molar-refractivity contribution in [2.24, 2.45) is 0 Å². The SMILES string of the molecule is Cc1cc(N(C)C(=O)c2sccc2S(=O)(=O)C(F)F)ccc1Br. The molecule has 0 unspecified atom stereocenters. The van der Waals surface area contributed by atoms with Crippen molar-refractivity contribution in [2.75, 3.05) is 11.9 Å². The molecule has 0 radical (unpaired) electrons. The zero-order chi connectivity index (χ0) is 17.4. The minimum atomic E-state index is -4.82. The molecular weight excluding hydrogens is 412 g/mol. The van der Waals surface area contributed by atoms with E-state index in [0.717, 1.165) is 27.4 Å². The number of amides is 1. The second-order valence-electron chi connectivity index (χ2n) is 4.72. The van der Waals surface area contributed by atoms with E-state index in [-0.39, 0.29) is 4.88 Å². The molecular formula is C14H12BrF2NO3S2. The van der Waals surface area contributed by atoms with Crippen LogP contribution >= 0.6 is 27.3 Å². The van der Waals surface area contributed by atoms with Crippen LogP contribution in [-0.2, 0) is 9.84 Å². The van der Waals surface area contributed by atoms with E-state index in [4.69, 9.17) is 0 Å². The Morgan fingerprint density at radius 2 is 1.96 bits per heavy atom. The first-order valence-corrected chi connectivity index (χ1v) is 9.52. The molecule has 124 valence electrons. The van der Waals surface area contributed by atoms with Crippen molar-refractivity contribution >= 4 is 48.7 Å². The van der Waals surface area contributed by atoms with Crippen molar-refractivity contribution < 1.29 is 22.0 Å². The smallest absolute Gasteiger partial charge is 0.311 e. The molecule has 0 aliphatic heterocycles. The summed E-state index contributed by atoms with van der Waals surface area (Å²) in [4.78, 5) is 12.9. The number of nitrogens with zero attached hydrogens (tertiary/aromatic N) is 1. The Bertz CT molecular complexity index is 849. The van der Waals surface area contributed by atoms with Gasteiger partial charge in [0, 0.05) is 17.2 Å². The van der Waals surface area contributed by atoms with Crippen molar-refractivity contribution in [1.29, 1.82) is 0 Å². The van der Waals surface area contributed by atoms with Gasteiger partial charge in [0.1, 0.15) is 4.88 Å². The van der Waals surface area contributed by atoms with Crippen molar-refractivity contribution in [2.45, 2.75) is 17.6 Å². The highest BCUT2D eigenvalue weighted by Gasteiger charge is 2.33. The first-order chi connectivity index (χ1) is 10.7. The number of alkyl halides is 2. The Kier molecular flexibility index (Phi) is 5.22. The normalized spacial score (nSPS) is 11.7. The number of carbonyl (C=O) groups is 1. The summed E-state index contributed by atoms with van der Waals surface area (Å²) in [5, 5.41) is 1.31. The van der Waals surface area contributed by atoms with Gasteiger partial charge in [0.15, 0.2) is 0 Å². The number of anilines is 1. The highest BCUT2D eigenvalue weighted by molar-refractivity contribution is 9.10. The van der Waals surface area contributed by atoms with E-state index >= 15 is 0 Å². The van der Waals surface area contributed by atoms with E-state index in [0.29, 0.717) is 5.69 Å². The predicted molar refractivity (Wildman–Crippen MR) is 89.1 cm³/mol. The molecule has 0 bridgehead atoms. The zero-order valence-electron chi connectivity index (χ0n) is 12.1. The molecule has 0 aliphatic carbocycles. The summed E-state index contributed by atoms with van der Waals surface area (Å²) in [6.45, 7) is 1.84. The molecule has 0 fully saturated rings. The van der Waals surface area contributed by atoms with Gasteiger partial charge in [-0.25, -0.2) is 8.42 Å². The molecule has 1 heterocycles. The van der Waals surface area contributed by atoms with Crippen LogP contribution < -0.4 is 4.90 Å². The first kappa shape index (κ1) is 18.0. The van der Waals surface area contributed by atoms with E-state index in [2.05, 4.69) is 15.9 Å². The Labute approximate surface area is 144 Å². The van der Waals surface area contributed by atoms with Crippen molar-refractivity contribution in [1.82, 2.24) is 0 Å². The molecule has 0 atom stereocenters. The van der Waals surface area contributed by atoms with Crippen LogP contribution in [0.1, 0.15) is 15.2 Å². The lowest BCUT2D eigenvalue weighted by Gasteiger charge is -2.18. The van der Waals surface area contributed by atoms with E-state index in [1.54, 1.807) is 18.2 Å². The molecule has 0 saturated carbocycles. The largest absolute Gasteiger partial charge is 0.341 e. The van der Waals surface area contributed by atoms with Crippen LogP contribution in [0.3, 0.4) is 0 Å². The van der Waals surface area contributed by atoms with Gasteiger partial charge in [-0.15, -0.1) is 11.3 Å². The molecule has 0 aliphatic rings. The summed E-state index contributed by atoms with van der Waals surface area (Å²) in [6.07, 6.45) is 0. The van der Waals surface area contributed by atoms with Crippen LogP contribution in [-0.4, -0.2) is 27.1 Å². The summed E-state index contributed by atoms with van der Waals surface area (Å²) in [6, 6.07) is 6.18. The van der Waals surface area contributed by atoms with Crippen LogP contribution in [0.2, 0.25) is 0 Å². The lowest BCUT2D eigenvalue weighted by molar-refractivity contribution is 0.0994. The maximum atomic E-state index is 12.7. The Balaban J connectivity index is 2.42. The highest BCUT2D eigenvalue weighted by Crippen LogP contribution is 2.30. The first-order valence-electron chi connectivity index (χ1n) is 6.30. The molecule has 1 aromatic carbocycles. The fourth-order valence-electron chi connectivity index (χ4n) is 1.88. The number of hydrogen-bond acceptors (Lipinski definition) is 4. The molecule has 0 N–H and O–H groups in total. The van der Waals surface area contributed by atoms with Gasteiger partial charge in [-0.05, 0) is 42.1 Å². The Morgan fingerprint density at radius 1 is 1.30 bits per heavy atom. The van der Waals surface area contributed by atoms with Gasteiger partial charge < -0.3 is 4.90 Å². The van der Waals surface area contributed by atoms with Gasteiger partial charge in [0.2, 0.25) is 9.84 Å². The quantitative estimate of drug-likeness (QED) is 0.743. The summed E-state index contributed by atoms with van der Waals surface area (Å²) in [7, 11) is -3.36. The van der Waals surface area contributed by atoms with E-state index in [1.165, 1.54) is 17.3 Å². The summed E-state index contributed by atoms with van der Waals surface area (Å²) in [5.74, 6) is -4.22. The number of hydrogen-bond donors (Lipinski definition) is 0. The fraction of sp³-hybridized carbons (Fsp3) is 0.214. The second-order valence-corrected chi connectivity index (χ2v) is 8.37. The number of thiophene rings is 1. The van der Waals surface area contributed by atoms with Crippen molar-refractivity contribution in [3.05, 3.63) is 44.6 Å². The summed E-state index contributed by atoms with van der Waals surface area (Å²) >= 11 is 4.16. The van der Waals surface area contributed by atoms with Gasteiger partial charge in [0.25, 0.3) is 5.91 Å². The van der Waals surface area contributed by atoms with Crippen LogP contribution in [0, 0.1) is 6.92 Å². The highest BCUT2D eigenvalue weighted by atomic mass is 79.9. The number of aryl methyl sites for hydroxylation is 1. The zero-order valence-corrected chi connectivity index (χ0v) is 15.3. The van der Waals surface area contributed by atoms with E-state index < -0.39 is 26.4 Å². The molecule has 1 aromatic heterocycles. The van der Waals surface area contributed by atoms with E-state index in [9.17, 15) is 22.0 Å². The second kappa shape index (κ2) is 6.66. The predicted octanol–water partition coefficient (Wildman–Crippen LogP) is 4.09. The number of benzene rings is 1. The third kappa shape index (κ3) is 3.46. The molecule has 0 spiro atoms. The molecule has 2 rings (SSSR count). The van der Waals surface area contributed by atoms with Gasteiger partial charge >= 0.3 is 5.76 Å². The van der Waals surface area contributed by atoms with E-state index in [1.807, 2.05) is 6.92 Å². The topological polar surface area (TPSA) is 54.5 Å². The molecule has 4 nitrogen and oxygen atoms in total. The minimum absolute atomic E-state index is 0.228. The number of rotatable bonds is 4. The van der Waals surface area contributed by atoms with Crippen LogP contribution in [0.15, 0.2) is 39.0 Å². The Hall–Kier alpha value is -1.32. The minimum Gasteiger partial charge on any atom is -0.311 e. The molecule has 1 amide bonds. The lowest BCUT2D eigenvalue weighted by atomic mass is 10.2. The third-order valence-electron chi connectivity index (χ3n) is 3.20. The molecule has 23 heavy (non-hydrogen) atoms.